The molecule has 0 radical (unpaired) electrons. The predicted octanol–water partition coefficient (Wildman–Crippen LogP) is 7.75. The van der Waals surface area contributed by atoms with Gasteiger partial charge in [0.1, 0.15) is 6.10 Å². The van der Waals surface area contributed by atoms with Crippen LogP contribution >= 0.6 is 0 Å². The van der Waals surface area contributed by atoms with E-state index in [1.165, 1.54) is 31.3 Å². The van der Waals surface area contributed by atoms with Crippen LogP contribution in [0.1, 0.15) is 99.3 Å². The Morgan fingerprint density at radius 2 is 1.75 bits per heavy atom. The van der Waals surface area contributed by atoms with Crippen LogP contribution in [0.25, 0.3) is 0 Å². The van der Waals surface area contributed by atoms with Crippen LogP contribution in [0, 0.1) is 46.3 Å². The van der Waals surface area contributed by atoms with Crippen molar-refractivity contribution in [2.24, 2.45) is 46.3 Å². The molecule has 3 saturated carbocycles. The summed E-state index contributed by atoms with van der Waals surface area (Å²) in [6.45, 7) is 14.4. The van der Waals surface area contributed by atoms with Gasteiger partial charge in [0.05, 0.1) is 12.8 Å². The number of rotatable bonds is 8. The number of allylic oxidation sites excluding steroid dienone is 5. The quantitative estimate of drug-likeness (QED) is 0.276. The topological polar surface area (TPSA) is 63.6 Å². The van der Waals surface area contributed by atoms with Gasteiger partial charge in [-0.1, -0.05) is 77.0 Å². The summed E-state index contributed by atoms with van der Waals surface area (Å²) >= 11 is 0. The lowest BCUT2D eigenvalue weighted by atomic mass is 9.50. The molecule has 0 unspecified atom stereocenters. The Morgan fingerprint density at radius 1 is 1.00 bits per heavy atom. The van der Waals surface area contributed by atoms with Crippen molar-refractivity contribution >= 4 is 11.9 Å². The minimum atomic E-state index is -0.954. The summed E-state index contributed by atoms with van der Waals surface area (Å²) in [4.78, 5) is 22.9. The van der Waals surface area contributed by atoms with E-state index in [0.29, 0.717) is 35.0 Å². The monoisotopic (exact) mass is 496 g/mol. The van der Waals surface area contributed by atoms with Crippen molar-refractivity contribution in [1.29, 1.82) is 0 Å². The fraction of sp³-hybridized carbons (Fsp3) is 0.750. The maximum Gasteiger partial charge on any atom is 0.306 e. The lowest BCUT2D eigenvalue weighted by Gasteiger charge is -2.55. The van der Waals surface area contributed by atoms with Crippen molar-refractivity contribution in [3.8, 4) is 0 Å². The van der Waals surface area contributed by atoms with E-state index in [1.54, 1.807) is 5.57 Å². The normalized spacial score (nSPS) is 37.4. The largest absolute Gasteiger partial charge is 0.481 e. The summed E-state index contributed by atoms with van der Waals surface area (Å²) in [6, 6.07) is 0. The standard InChI is InChI=1S/C32H48O4/c1-20(2)21(3)7-8-22(4)26-11-12-27-25-10-9-23-19-24(36-30(35)14-13-29(33)34)15-17-31(23,5)28(25)16-18-32(26,27)6/h7-10,20-22,24,26-28H,11-19H2,1-6H3,(H,33,34)/b8-7+/t21-,22+,24-,26+,27-,28-,31-,32+/m0/s1. The molecule has 0 aromatic rings. The second-order valence-corrected chi connectivity index (χ2v) is 13.2. The molecule has 4 aliphatic carbocycles. The number of hydrogen-bond acceptors (Lipinski definition) is 3. The molecule has 8 atom stereocenters. The van der Waals surface area contributed by atoms with Crippen LogP contribution in [0.4, 0.5) is 0 Å². The number of carboxylic acid groups (broad SMARTS) is 1. The molecule has 1 N–H and O–H groups in total. The molecule has 0 saturated heterocycles. The molecule has 0 spiro atoms. The zero-order chi connectivity index (χ0) is 26.3. The molecule has 0 amide bonds. The first-order chi connectivity index (χ1) is 17.0. The number of fused-ring (bicyclic) bond motifs is 5. The summed E-state index contributed by atoms with van der Waals surface area (Å²) in [5, 5.41) is 8.84. The highest BCUT2D eigenvalue weighted by Gasteiger charge is 2.57. The van der Waals surface area contributed by atoms with Gasteiger partial charge in [-0.25, -0.2) is 0 Å². The van der Waals surface area contributed by atoms with E-state index in [2.05, 4.69) is 65.8 Å². The minimum absolute atomic E-state index is 0.0414. The highest BCUT2D eigenvalue weighted by Crippen LogP contribution is 2.66. The zero-order valence-corrected chi connectivity index (χ0v) is 23.4. The van der Waals surface area contributed by atoms with Crippen molar-refractivity contribution in [2.45, 2.75) is 105 Å². The van der Waals surface area contributed by atoms with Gasteiger partial charge in [0, 0.05) is 6.42 Å². The Hall–Kier alpha value is -1.84. The smallest absolute Gasteiger partial charge is 0.306 e. The van der Waals surface area contributed by atoms with Crippen molar-refractivity contribution < 1.29 is 19.4 Å². The van der Waals surface area contributed by atoms with Gasteiger partial charge in [-0.15, -0.1) is 0 Å². The first-order valence-electron chi connectivity index (χ1n) is 14.5. The number of carbonyl (C=O) groups excluding carboxylic acids is 1. The molecule has 0 bridgehead atoms. The van der Waals surface area contributed by atoms with Crippen LogP contribution in [0.5, 0.6) is 0 Å². The van der Waals surface area contributed by atoms with Crippen LogP contribution < -0.4 is 0 Å². The van der Waals surface area contributed by atoms with E-state index >= 15 is 0 Å². The van der Waals surface area contributed by atoms with Gasteiger partial charge in [0.2, 0.25) is 0 Å². The van der Waals surface area contributed by atoms with E-state index in [0.717, 1.165) is 25.2 Å². The summed E-state index contributed by atoms with van der Waals surface area (Å²) in [7, 11) is 0. The fourth-order valence-electron chi connectivity index (χ4n) is 8.13. The second-order valence-electron chi connectivity index (χ2n) is 13.2. The molecule has 3 fully saturated rings. The number of hydrogen-bond donors (Lipinski definition) is 1. The van der Waals surface area contributed by atoms with Gasteiger partial charge >= 0.3 is 11.9 Å². The van der Waals surface area contributed by atoms with Gasteiger partial charge in [-0.2, -0.15) is 0 Å². The Labute approximate surface area is 218 Å². The van der Waals surface area contributed by atoms with Crippen LogP contribution in [0.15, 0.2) is 35.5 Å². The third-order valence-corrected chi connectivity index (χ3v) is 10.8. The van der Waals surface area contributed by atoms with E-state index in [1.807, 2.05) is 0 Å². The molecule has 0 heterocycles. The van der Waals surface area contributed by atoms with Crippen molar-refractivity contribution in [1.82, 2.24) is 0 Å². The lowest BCUT2D eigenvalue weighted by molar-refractivity contribution is -0.153. The van der Waals surface area contributed by atoms with Gasteiger partial charge < -0.3 is 9.84 Å². The average molecular weight is 497 g/mol. The van der Waals surface area contributed by atoms with Gasteiger partial charge in [-0.3, -0.25) is 9.59 Å². The number of carbonyl (C=O) groups is 2. The summed E-state index contributed by atoms with van der Waals surface area (Å²) in [5.41, 5.74) is 3.66. The maximum absolute atomic E-state index is 12.1. The van der Waals surface area contributed by atoms with E-state index in [-0.39, 0.29) is 30.3 Å². The Bertz CT molecular complexity index is 942. The third-order valence-electron chi connectivity index (χ3n) is 10.8. The molecule has 0 aliphatic heterocycles. The van der Waals surface area contributed by atoms with Crippen LogP contribution in [-0.4, -0.2) is 23.1 Å². The minimum Gasteiger partial charge on any atom is -0.481 e. The molecule has 4 rings (SSSR count). The molecule has 200 valence electrons. The molecule has 36 heavy (non-hydrogen) atoms. The Kier molecular flexibility index (Phi) is 7.93. The zero-order valence-electron chi connectivity index (χ0n) is 23.4. The van der Waals surface area contributed by atoms with Crippen LogP contribution in [-0.2, 0) is 14.3 Å². The Morgan fingerprint density at radius 3 is 2.44 bits per heavy atom. The molecular formula is C32H48O4. The second kappa shape index (κ2) is 10.5. The van der Waals surface area contributed by atoms with Crippen molar-refractivity contribution in [3.63, 3.8) is 0 Å². The van der Waals surface area contributed by atoms with Gasteiger partial charge in [-0.05, 0) is 84.9 Å². The first-order valence-corrected chi connectivity index (χ1v) is 14.5. The van der Waals surface area contributed by atoms with Crippen LogP contribution in [0.3, 0.4) is 0 Å². The maximum atomic E-state index is 12.1. The van der Waals surface area contributed by atoms with Crippen molar-refractivity contribution in [2.75, 3.05) is 0 Å². The molecule has 0 aromatic heterocycles. The third kappa shape index (κ3) is 5.11. The SMILES string of the molecule is CC(C)[C@@H](C)/C=C/[C@@H](C)[C@H]1CC[C@H]2C3=CC=C4C[C@@H](OC(=O)CCC(=O)O)CC[C@]4(C)[C@H]3CC[C@]12C. The highest BCUT2D eigenvalue weighted by atomic mass is 16.5. The Balaban J connectivity index is 1.47. The number of aliphatic carboxylic acids is 1. The van der Waals surface area contributed by atoms with Crippen LogP contribution in [0.2, 0.25) is 0 Å². The van der Waals surface area contributed by atoms with E-state index in [4.69, 9.17) is 9.84 Å². The number of ether oxygens (including phenoxy) is 1. The molecular weight excluding hydrogens is 448 g/mol. The van der Waals surface area contributed by atoms with Crippen molar-refractivity contribution in [3.05, 3.63) is 35.5 Å². The number of esters is 1. The molecule has 4 heteroatoms. The fourth-order valence-corrected chi connectivity index (χ4v) is 8.13. The van der Waals surface area contributed by atoms with E-state index in [9.17, 15) is 9.59 Å². The van der Waals surface area contributed by atoms with Gasteiger partial charge in [0.25, 0.3) is 0 Å². The molecule has 4 nitrogen and oxygen atoms in total. The highest BCUT2D eigenvalue weighted by molar-refractivity contribution is 5.76. The average Bonchev–Trinajstić information content (AvgIpc) is 3.18. The first kappa shape index (κ1) is 27.2. The molecule has 4 aliphatic rings. The summed E-state index contributed by atoms with van der Waals surface area (Å²) in [6.07, 6.45) is 17.4. The number of carboxylic acids is 1. The lowest BCUT2D eigenvalue weighted by Crippen LogP contribution is -2.46. The predicted molar refractivity (Wildman–Crippen MR) is 144 cm³/mol. The van der Waals surface area contributed by atoms with E-state index < -0.39 is 5.97 Å². The summed E-state index contributed by atoms with van der Waals surface area (Å²) in [5.74, 6) is 2.64. The van der Waals surface area contributed by atoms with Gasteiger partial charge in [0.15, 0.2) is 0 Å². The molecule has 0 aromatic carbocycles. The summed E-state index contributed by atoms with van der Waals surface area (Å²) < 4.78 is 5.68.